The zero-order chi connectivity index (χ0) is 14.1. The fraction of sp³-hybridized carbons (Fsp3) is 0.500. The van der Waals surface area contributed by atoms with Gasteiger partial charge in [-0.3, -0.25) is 9.59 Å². The fourth-order valence-electron chi connectivity index (χ4n) is 3.25. The van der Waals surface area contributed by atoms with Crippen LogP contribution in [0, 0.1) is 5.92 Å². The lowest BCUT2D eigenvalue weighted by Gasteiger charge is -2.30. The Morgan fingerprint density at radius 3 is 2.50 bits per heavy atom. The lowest BCUT2D eigenvalue weighted by atomic mass is 9.95. The molecule has 1 aliphatic heterocycles. The van der Waals surface area contributed by atoms with Crippen molar-refractivity contribution < 1.29 is 9.59 Å². The molecular weight excluding hydrogens is 252 g/mol. The van der Waals surface area contributed by atoms with Crippen LogP contribution < -0.4 is 5.73 Å². The van der Waals surface area contributed by atoms with Crippen LogP contribution in [0.25, 0.3) is 0 Å². The molecule has 0 saturated carbocycles. The molecule has 1 heterocycles. The van der Waals surface area contributed by atoms with Crippen LogP contribution in [0.1, 0.15) is 40.7 Å². The van der Waals surface area contributed by atoms with Crippen molar-refractivity contribution in [2.75, 3.05) is 13.1 Å². The second-order valence-corrected chi connectivity index (χ2v) is 5.81. The molecule has 0 radical (unpaired) electrons. The minimum absolute atomic E-state index is 0.0703. The van der Waals surface area contributed by atoms with Gasteiger partial charge in [0.05, 0.1) is 0 Å². The molecule has 0 unspecified atom stereocenters. The summed E-state index contributed by atoms with van der Waals surface area (Å²) in [5, 5.41) is 0. The highest BCUT2D eigenvalue weighted by Gasteiger charge is 2.26. The minimum atomic E-state index is -0.241. The zero-order valence-electron chi connectivity index (χ0n) is 11.6. The highest BCUT2D eigenvalue weighted by atomic mass is 16.2. The van der Waals surface area contributed by atoms with E-state index in [-0.39, 0.29) is 17.7 Å². The normalized spacial score (nSPS) is 18.9. The molecule has 106 valence electrons. The van der Waals surface area contributed by atoms with E-state index < -0.39 is 0 Å². The van der Waals surface area contributed by atoms with Crippen LogP contribution in [-0.2, 0) is 17.6 Å². The number of carbonyl (C=O) groups excluding carboxylic acids is 2. The van der Waals surface area contributed by atoms with E-state index in [0.29, 0.717) is 25.9 Å². The van der Waals surface area contributed by atoms with Gasteiger partial charge in [0.15, 0.2) is 0 Å². The molecule has 0 aromatic heterocycles. The van der Waals surface area contributed by atoms with Crippen LogP contribution in [0.5, 0.6) is 0 Å². The SMILES string of the molecule is NC(=O)C1CCN(C(=O)c2ccc3c(c2)CCC3)CC1. The molecule has 4 nitrogen and oxygen atoms in total. The molecule has 2 amide bonds. The van der Waals surface area contributed by atoms with Gasteiger partial charge < -0.3 is 10.6 Å². The van der Waals surface area contributed by atoms with Gasteiger partial charge in [-0.15, -0.1) is 0 Å². The predicted octanol–water partition coefficient (Wildman–Crippen LogP) is 1.51. The van der Waals surface area contributed by atoms with Crippen molar-refractivity contribution in [1.82, 2.24) is 4.90 Å². The molecule has 4 heteroatoms. The van der Waals surface area contributed by atoms with Gasteiger partial charge in [-0.2, -0.15) is 0 Å². The third-order valence-corrected chi connectivity index (χ3v) is 4.53. The van der Waals surface area contributed by atoms with Gasteiger partial charge in [0.2, 0.25) is 5.91 Å². The number of carbonyl (C=O) groups is 2. The first kappa shape index (κ1) is 13.2. The van der Waals surface area contributed by atoms with E-state index >= 15 is 0 Å². The first-order valence-electron chi connectivity index (χ1n) is 7.35. The van der Waals surface area contributed by atoms with E-state index in [9.17, 15) is 9.59 Å². The second kappa shape index (κ2) is 5.27. The molecule has 2 aliphatic rings. The summed E-state index contributed by atoms with van der Waals surface area (Å²) in [6.07, 6.45) is 4.78. The number of hydrogen-bond donors (Lipinski definition) is 1. The van der Waals surface area contributed by atoms with Gasteiger partial charge in [0.25, 0.3) is 5.91 Å². The number of amides is 2. The topological polar surface area (TPSA) is 63.4 Å². The van der Waals surface area contributed by atoms with Gasteiger partial charge in [0, 0.05) is 24.6 Å². The number of likely N-dealkylation sites (tertiary alicyclic amines) is 1. The third kappa shape index (κ3) is 2.42. The summed E-state index contributed by atoms with van der Waals surface area (Å²) < 4.78 is 0. The maximum atomic E-state index is 12.5. The van der Waals surface area contributed by atoms with E-state index in [1.807, 2.05) is 17.0 Å². The third-order valence-electron chi connectivity index (χ3n) is 4.53. The Labute approximate surface area is 118 Å². The van der Waals surface area contributed by atoms with Crippen molar-refractivity contribution in [2.45, 2.75) is 32.1 Å². The Bertz CT molecular complexity index is 545. The first-order chi connectivity index (χ1) is 9.65. The molecule has 1 saturated heterocycles. The van der Waals surface area contributed by atoms with Crippen LogP contribution >= 0.6 is 0 Å². The molecule has 0 atom stereocenters. The summed E-state index contributed by atoms with van der Waals surface area (Å²) in [5.41, 5.74) is 8.81. The van der Waals surface area contributed by atoms with Gasteiger partial charge in [-0.05, 0) is 55.4 Å². The Hall–Kier alpha value is -1.84. The number of benzene rings is 1. The van der Waals surface area contributed by atoms with Crippen LogP contribution in [0.4, 0.5) is 0 Å². The molecule has 0 spiro atoms. The number of nitrogens with two attached hydrogens (primary N) is 1. The maximum absolute atomic E-state index is 12.5. The Kier molecular flexibility index (Phi) is 3.47. The van der Waals surface area contributed by atoms with Crippen molar-refractivity contribution in [3.63, 3.8) is 0 Å². The van der Waals surface area contributed by atoms with Crippen molar-refractivity contribution in [3.05, 3.63) is 34.9 Å². The second-order valence-electron chi connectivity index (χ2n) is 5.81. The number of piperidine rings is 1. The summed E-state index contributed by atoms with van der Waals surface area (Å²) in [6.45, 7) is 1.26. The molecule has 20 heavy (non-hydrogen) atoms. The van der Waals surface area contributed by atoms with Crippen LogP contribution in [0.2, 0.25) is 0 Å². The van der Waals surface area contributed by atoms with E-state index in [1.165, 1.54) is 17.5 Å². The fourth-order valence-corrected chi connectivity index (χ4v) is 3.25. The number of fused-ring (bicyclic) bond motifs is 1. The Morgan fingerprint density at radius 1 is 1.10 bits per heavy atom. The zero-order valence-corrected chi connectivity index (χ0v) is 11.6. The lowest BCUT2D eigenvalue weighted by Crippen LogP contribution is -2.41. The van der Waals surface area contributed by atoms with Gasteiger partial charge in [0.1, 0.15) is 0 Å². The molecule has 1 aliphatic carbocycles. The molecule has 0 bridgehead atoms. The van der Waals surface area contributed by atoms with E-state index in [4.69, 9.17) is 5.73 Å². The van der Waals surface area contributed by atoms with Crippen molar-refractivity contribution in [1.29, 1.82) is 0 Å². The van der Waals surface area contributed by atoms with E-state index in [0.717, 1.165) is 18.4 Å². The molecule has 3 rings (SSSR count). The van der Waals surface area contributed by atoms with Gasteiger partial charge >= 0.3 is 0 Å². The minimum Gasteiger partial charge on any atom is -0.369 e. The van der Waals surface area contributed by atoms with E-state index in [1.54, 1.807) is 0 Å². The monoisotopic (exact) mass is 272 g/mol. The van der Waals surface area contributed by atoms with Gasteiger partial charge in [-0.25, -0.2) is 0 Å². The maximum Gasteiger partial charge on any atom is 0.253 e. The largest absolute Gasteiger partial charge is 0.369 e. The quantitative estimate of drug-likeness (QED) is 0.887. The summed E-state index contributed by atoms with van der Waals surface area (Å²) >= 11 is 0. The van der Waals surface area contributed by atoms with E-state index in [2.05, 4.69) is 6.07 Å². The number of nitrogens with zero attached hydrogens (tertiary/aromatic N) is 1. The molecule has 1 fully saturated rings. The number of rotatable bonds is 2. The van der Waals surface area contributed by atoms with Crippen molar-refractivity contribution in [2.24, 2.45) is 11.7 Å². The molecule has 1 aromatic carbocycles. The van der Waals surface area contributed by atoms with Crippen LogP contribution in [0.15, 0.2) is 18.2 Å². The van der Waals surface area contributed by atoms with Gasteiger partial charge in [-0.1, -0.05) is 6.07 Å². The Morgan fingerprint density at radius 2 is 1.80 bits per heavy atom. The smallest absolute Gasteiger partial charge is 0.253 e. The standard InChI is InChI=1S/C16H20N2O2/c17-15(19)12-6-8-18(9-7-12)16(20)14-5-4-11-2-1-3-13(11)10-14/h4-5,10,12H,1-3,6-9H2,(H2,17,19). The molecule has 1 aromatic rings. The number of hydrogen-bond acceptors (Lipinski definition) is 2. The predicted molar refractivity (Wildman–Crippen MR) is 76.3 cm³/mol. The summed E-state index contributed by atoms with van der Waals surface area (Å²) in [4.78, 5) is 25.5. The highest BCUT2D eigenvalue weighted by molar-refractivity contribution is 5.94. The number of primary amides is 1. The number of aryl methyl sites for hydroxylation is 2. The van der Waals surface area contributed by atoms with Crippen molar-refractivity contribution in [3.8, 4) is 0 Å². The van der Waals surface area contributed by atoms with Crippen LogP contribution in [-0.4, -0.2) is 29.8 Å². The Balaban J connectivity index is 1.69. The molecular formula is C16H20N2O2. The average molecular weight is 272 g/mol. The molecule has 2 N–H and O–H groups in total. The first-order valence-corrected chi connectivity index (χ1v) is 7.35. The summed E-state index contributed by atoms with van der Waals surface area (Å²) in [7, 11) is 0. The lowest BCUT2D eigenvalue weighted by molar-refractivity contribution is -0.123. The van der Waals surface area contributed by atoms with Crippen molar-refractivity contribution >= 4 is 11.8 Å². The summed E-state index contributed by atoms with van der Waals surface area (Å²) in [6, 6.07) is 6.07. The highest BCUT2D eigenvalue weighted by Crippen LogP contribution is 2.24. The summed E-state index contributed by atoms with van der Waals surface area (Å²) in [5.74, 6) is -0.226. The average Bonchev–Trinajstić information content (AvgIpc) is 2.94. The van der Waals surface area contributed by atoms with Crippen LogP contribution in [0.3, 0.4) is 0 Å².